The quantitative estimate of drug-likeness (QED) is 0.675. The number of hydrogen-bond donors (Lipinski definition) is 1. The van der Waals surface area contributed by atoms with Gasteiger partial charge < -0.3 is 10.1 Å². The van der Waals surface area contributed by atoms with Gasteiger partial charge in [0.05, 0.1) is 12.2 Å². The lowest BCUT2D eigenvalue weighted by molar-refractivity contribution is -0.123. The molecule has 1 heterocycles. The molecule has 8 heteroatoms. The lowest BCUT2D eigenvalue weighted by atomic mass is 10.0. The number of hydrogen-bond acceptors (Lipinski definition) is 5. The van der Waals surface area contributed by atoms with Crippen LogP contribution in [-0.4, -0.2) is 32.7 Å². The van der Waals surface area contributed by atoms with Crippen molar-refractivity contribution in [1.82, 2.24) is 25.5 Å². The molecular formula is C19H20ClN5O2. The summed E-state index contributed by atoms with van der Waals surface area (Å²) in [6.45, 7) is 4.36. The molecule has 0 aliphatic carbocycles. The number of rotatable bonds is 7. The highest BCUT2D eigenvalue weighted by Gasteiger charge is 2.10. The molecule has 3 aromatic rings. The minimum absolute atomic E-state index is 0.0798. The fraction of sp³-hybridized carbons (Fsp3) is 0.263. The average Bonchev–Trinajstić information content (AvgIpc) is 3.14. The van der Waals surface area contributed by atoms with E-state index in [2.05, 4.69) is 34.7 Å². The van der Waals surface area contributed by atoms with Gasteiger partial charge in [-0.15, -0.1) is 5.10 Å². The number of nitrogens with zero attached hydrogens (tertiary/aromatic N) is 4. The van der Waals surface area contributed by atoms with E-state index in [1.165, 1.54) is 5.56 Å². The van der Waals surface area contributed by atoms with Crippen molar-refractivity contribution in [2.45, 2.75) is 26.3 Å². The van der Waals surface area contributed by atoms with Gasteiger partial charge in [-0.05, 0) is 58.3 Å². The van der Waals surface area contributed by atoms with Gasteiger partial charge in [0.1, 0.15) is 5.75 Å². The topological polar surface area (TPSA) is 81.9 Å². The summed E-state index contributed by atoms with van der Waals surface area (Å²) in [4.78, 5) is 12.0. The molecule has 7 nitrogen and oxygen atoms in total. The zero-order valence-electron chi connectivity index (χ0n) is 15.1. The molecule has 0 fully saturated rings. The molecule has 3 rings (SSSR count). The maximum atomic E-state index is 12.0. The van der Waals surface area contributed by atoms with Crippen LogP contribution in [0.4, 0.5) is 0 Å². The number of ether oxygens (including phenoxy) is 1. The first-order chi connectivity index (χ1) is 13.0. The van der Waals surface area contributed by atoms with Crippen molar-refractivity contribution in [3.63, 3.8) is 0 Å². The number of aromatic nitrogens is 4. The van der Waals surface area contributed by atoms with Gasteiger partial charge in [0, 0.05) is 5.02 Å². The zero-order valence-corrected chi connectivity index (χ0v) is 15.8. The van der Waals surface area contributed by atoms with Crippen molar-refractivity contribution in [2.75, 3.05) is 6.61 Å². The van der Waals surface area contributed by atoms with Crippen molar-refractivity contribution in [3.8, 4) is 11.4 Å². The minimum Gasteiger partial charge on any atom is -0.484 e. The van der Waals surface area contributed by atoms with Crippen LogP contribution in [0.15, 0.2) is 48.5 Å². The summed E-state index contributed by atoms with van der Waals surface area (Å²) in [6.07, 6.45) is 0. The molecule has 27 heavy (non-hydrogen) atoms. The summed E-state index contributed by atoms with van der Waals surface area (Å²) < 4.78 is 7.06. The molecule has 0 saturated heterocycles. The van der Waals surface area contributed by atoms with Gasteiger partial charge in [-0.25, -0.2) is 0 Å². The van der Waals surface area contributed by atoms with E-state index in [9.17, 15) is 4.79 Å². The van der Waals surface area contributed by atoms with Crippen molar-refractivity contribution >= 4 is 17.5 Å². The van der Waals surface area contributed by atoms with Gasteiger partial charge in [0.25, 0.3) is 5.91 Å². The number of tetrazole rings is 1. The maximum Gasteiger partial charge on any atom is 0.258 e. The van der Waals surface area contributed by atoms with Crippen LogP contribution in [0.25, 0.3) is 5.69 Å². The van der Waals surface area contributed by atoms with Gasteiger partial charge in [-0.1, -0.05) is 37.6 Å². The Morgan fingerprint density at radius 1 is 1.15 bits per heavy atom. The predicted molar refractivity (Wildman–Crippen MR) is 102 cm³/mol. The monoisotopic (exact) mass is 385 g/mol. The van der Waals surface area contributed by atoms with E-state index in [1.54, 1.807) is 28.9 Å². The van der Waals surface area contributed by atoms with Crippen LogP contribution in [0.1, 0.15) is 31.2 Å². The number of benzene rings is 2. The molecule has 0 aliphatic heterocycles. The normalized spacial score (nSPS) is 10.8. The molecule has 1 N–H and O–H groups in total. The first kappa shape index (κ1) is 18.8. The second-order valence-electron chi connectivity index (χ2n) is 6.27. The number of carbonyl (C=O) groups excluding carboxylic acids is 1. The third kappa shape index (κ3) is 5.04. The third-order valence-electron chi connectivity index (χ3n) is 3.97. The summed E-state index contributed by atoms with van der Waals surface area (Å²) in [5.74, 6) is 1.36. The number of amides is 1. The van der Waals surface area contributed by atoms with Crippen molar-refractivity contribution < 1.29 is 9.53 Å². The summed E-state index contributed by atoms with van der Waals surface area (Å²) in [5.41, 5.74) is 1.98. The minimum atomic E-state index is -0.256. The predicted octanol–water partition coefficient (Wildman–Crippen LogP) is 3.13. The van der Waals surface area contributed by atoms with Crippen LogP contribution in [0.3, 0.4) is 0 Å². The van der Waals surface area contributed by atoms with Crippen LogP contribution in [0.2, 0.25) is 5.02 Å². The lowest BCUT2D eigenvalue weighted by Crippen LogP contribution is -2.29. The molecule has 1 aromatic heterocycles. The average molecular weight is 386 g/mol. The van der Waals surface area contributed by atoms with Crippen LogP contribution in [-0.2, 0) is 11.3 Å². The molecule has 0 aliphatic rings. The van der Waals surface area contributed by atoms with Crippen molar-refractivity contribution in [1.29, 1.82) is 0 Å². The Morgan fingerprint density at radius 2 is 1.85 bits per heavy atom. The molecule has 2 aromatic carbocycles. The fourth-order valence-electron chi connectivity index (χ4n) is 2.43. The standard InChI is InChI=1S/C19H20ClN5O2/c1-13(2)14-3-9-17(10-4-14)27-12-19(26)21-11-18-22-23-24-25(18)16-7-5-15(20)6-8-16/h3-10,13H,11-12H2,1-2H3,(H,21,26). The second-order valence-corrected chi connectivity index (χ2v) is 6.71. The second kappa shape index (κ2) is 8.64. The van der Waals surface area contributed by atoms with E-state index in [4.69, 9.17) is 16.3 Å². The number of carbonyl (C=O) groups is 1. The number of nitrogens with one attached hydrogen (secondary N) is 1. The largest absolute Gasteiger partial charge is 0.484 e. The molecule has 140 valence electrons. The molecule has 0 radical (unpaired) electrons. The molecule has 0 spiro atoms. The zero-order chi connectivity index (χ0) is 19.2. The lowest BCUT2D eigenvalue weighted by Gasteiger charge is -2.09. The Kier molecular flexibility index (Phi) is 6.03. The highest BCUT2D eigenvalue weighted by Crippen LogP contribution is 2.18. The molecule has 0 saturated carbocycles. The molecule has 0 unspecified atom stereocenters. The Morgan fingerprint density at radius 3 is 2.52 bits per heavy atom. The Bertz CT molecular complexity index is 891. The van der Waals surface area contributed by atoms with Crippen molar-refractivity contribution in [2.24, 2.45) is 0 Å². The molecule has 0 bridgehead atoms. The van der Waals surface area contributed by atoms with Crippen LogP contribution in [0.5, 0.6) is 5.75 Å². The summed E-state index contributed by atoms with van der Waals surface area (Å²) in [6, 6.07) is 14.8. The first-order valence-corrected chi connectivity index (χ1v) is 8.93. The van der Waals surface area contributed by atoms with E-state index in [0.717, 1.165) is 5.69 Å². The Labute approximate surface area is 162 Å². The van der Waals surface area contributed by atoms with E-state index < -0.39 is 0 Å². The molecule has 0 atom stereocenters. The molecule has 1 amide bonds. The smallest absolute Gasteiger partial charge is 0.258 e. The first-order valence-electron chi connectivity index (χ1n) is 8.55. The van der Waals surface area contributed by atoms with Crippen molar-refractivity contribution in [3.05, 3.63) is 64.9 Å². The van der Waals surface area contributed by atoms with Crippen LogP contribution >= 0.6 is 11.6 Å². The Balaban J connectivity index is 1.52. The van der Waals surface area contributed by atoms with Crippen LogP contribution in [0, 0.1) is 0 Å². The van der Waals surface area contributed by atoms with Gasteiger partial charge >= 0.3 is 0 Å². The third-order valence-corrected chi connectivity index (χ3v) is 4.22. The highest BCUT2D eigenvalue weighted by molar-refractivity contribution is 6.30. The van der Waals surface area contributed by atoms with Crippen LogP contribution < -0.4 is 10.1 Å². The summed E-state index contributed by atoms with van der Waals surface area (Å²) >= 11 is 5.89. The number of halogens is 1. The Hall–Kier alpha value is -2.93. The SMILES string of the molecule is CC(C)c1ccc(OCC(=O)NCc2nnnn2-c2ccc(Cl)cc2)cc1. The van der Waals surface area contributed by atoms with Gasteiger partial charge in [0.15, 0.2) is 12.4 Å². The summed E-state index contributed by atoms with van der Waals surface area (Å²) in [5, 5.41) is 14.9. The fourth-order valence-corrected chi connectivity index (χ4v) is 2.55. The van der Waals surface area contributed by atoms with E-state index in [-0.39, 0.29) is 19.1 Å². The highest BCUT2D eigenvalue weighted by atomic mass is 35.5. The van der Waals surface area contributed by atoms with E-state index >= 15 is 0 Å². The summed E-state index contributed by atoms with van der Waals surface area (Å²) in [7, 11) is 0. The van der Waals surface area contributed by atoms with Gasteiger partial charge in [0.2, 0.25) is 0 Å². The maximum absolute atomic E-state index is 12.0. The molecular weight excluding hydrogens is 366 g/mol. The van der Waals surface area contributed by atoms with E-state index in [0.29, 0.717) is 22.5 Å². The van der Waals surface area contributed by atoms with Gasteiger partial charge in [-0.2, -0.15) is 4.68 Å². The van der Waals surface area contributed by atoms with Gasteiger partial charge in [-0.3, -0.25) is 4.79 Å². The van der Waals surface area contributed by atoms with E-state index in [1.807, 2.05) is 24.3 Å².